The molecule has 5 nitrogen and oxygen atoms in total. The summed E-state index contributed by atoms with van der Waals surface area (Å²) in [6.45, 7) is 1.72. The zero-order valence-electron chi connectivity index (χ0n) is 10.8. The van der Waals surface area contributed by atoms with Gasteiger partial charge in [0.05, 0.1) is 5.69 Å². The fourth-order valence-electron chi connectivity index (χ4n) is 2.31. The minimum Gasteiger partial charge on any atom is -0.398 e. The number of nitrogens with one attached hydrogen (secondary N) is 1. The second-order valence-electron chi connectivity index (χ2n) is 4.90. The average Bonchev–Trinajstić information content (AvgIpc) is 2.27. The summed E-state index contributed by atoms with van der Waals surface area (Å²) in [6.07, 6.45) is 1.83. The maximum Gasteiger partial charge on any atom is 0.242 e. The van der Waals surface area contributed by atoms with Gasteiger partial charge < -0.3 is 10.6 Å². The van der Waals surface area contributed by atoms with Crippen LogP contribution in [0.2, 0.25) is 5.02 Å². The zero-order chi connectivity index (χ0) is 14.0. The Labute approximate surface area is 118 Å². The van der Waals surface area contributed by atoms with Crippen LogP contribution in [0.1, 0.15) is 12.8 Å². The molecule has 0 bridgehead atoms. The first-order chi connectivity index (χ1) is 8.88. The van der Waals surface area contributed by atoms with E-state index in [9.17, 15) is 8.42 Å². The predicted octanol–water partition coefficient (Wildman–Crippen LogP) is 1.29. The molecule has 3 N–H and O–H groups in total. The third kappa shape index (κ3) is 3.60. The number of benzene rings is 1. The van der Waals surface area contributed by atoms with Crippen molar-refractivity contribution in [2.24, 2.45) is 0 Å². The number of nitrogens with zero attached hydrogens (tertiary/aromatic N) is 1. The second-order valence-corrected chi connectivity index (χ2v) is 7.02. The minimum absolute atomic E-state index is 0.0705. The van der Waals surface area contributed by atoms with E-state index in [-0.39, 0.29) is 16.6 Å². The summed E-state index contributed by atoms with van der Waals surface area (Å²) in [5, 5.41) is 0.425. The number of nitrogen functional groups attached to an aromatic ring is 1. The van der Waals surface area contributed by atoms with Crippen LogP contribution < -0.4 is 10.5 Å². The molecular formula is C12H18ClN3O2S. The van der Waals surface area contributed by atoms with E-state index in [1.165, 1.54) is 18.2 Å². The molecule has 1 fully saturated rings. The van der Waals surface area contributed by atoms with Crippen molar-refractivity contribution in [1.82, 2.24) is 9.62 Å². The quantitative estimate of drug-likeness (QED) is 0.825. The molecule has 0 saturated carbocycles. The lowest BCUT2D eigenvalue weighted by atomic mass is 10.1. The monoisotopic (exact) mass is 303 g/mol. The van der Waals surface area contributed by atoms with Crippen LogP contribution in [0.4, 0.5) is 5.69 Å². The molecule has 19 heavy (non-hydrogen) atoms. The van der Waals surface area contributed by atoms with Gasteiger partial charge in [0.2, 0.25) is 10.0 Å². The van der Waals surface area contributed by atoms with Gasteiger partial charge in [-0.15, -0.1) is 0 Å². The van der Waals surface area contributed by atoms with Crippen molar-refractivity contribution in [1.29, 1.82) is 0 Å². The zero-order valence-corrected chi connectivity index (χ0v) is 12.3. The number of nitrogens with two attached hydrogens (primary N) is 1. The van der Waals surface area contributed by atoms with E-state index in [0.29, 0.717) is 11.6 Å². The fourth-order valence-corrected chi connectivity index (χ4v) is 3.86. The normalized spacial score (nSPS) is 21.5. The Kier molecular flexibility index (Phi) is 4.35. The molecule has 0 amide bonds. The van der Waals surface area contributed by atoms with Crippen LogP contribution in [-0.2, 0) is 10.0 Å². The van der Waals surface area contributed by atoms with E-state index in [1.807, 2.05) is 7.05 Å². The van der Waals surface area contributed by atoms with Gasteiger partial charge in [-0.1, -0.05) is 11.6 Å². The van der Waals surface area contributed by atoms with Crippen LogP contribution in [-0.4, -0.2) is 39.5 Å². The first-order valence-corrected chi connectivity index (χ1v) is 8.00. The van der Waals surface area contributed by atoms with Crippen LogP contribution in [0.25, 0.3) is 0 Å². The maximum atomic E-state index is 12.3. The molecule has 1 saturated heterocycles. The van der Waals surface area contributed by atoms with Crippen molar-refractivity contribution in [3.8, 4) is 0 Å². The SMILES string of the molecule is CN1CCCC(NS(=O)(=O)c2ccc(Cl)cc2N)C1. The molecule has 0 radical (unpaired) electrons. The Morgan fingerprint density at radius 2 is 2.21 bits per heavy atom. The summed E-state index contributed by atoms with van der Waals surface area (Å²) in [4.78, 5) is 2.20. The third-order valence-corrected chi connectivity index (χ3v) is 5.04. The first-order valence-electron chi connectivity index (χ1n) is 6.14. The Morgan fingerprint density at radius 1 is 1.47 bits per heavy atom. The van der Waals surface area contributed by atoms with Crippen LogP contribution in [0.3, 0.4) is 0 Å². The topological polar surface area (TPSA) is 75.4 Å². The van der Waals surface area contributed by atoms with E-state index in [1.54, 1.807) is 0 Å². The Balaban J connectivity index is 2.18. The number of hydrogen-bond donors (Lipinski definition) is 2. The molecule has 1 aliphatic heterocycles. The van der Waals surface area contributed by atoms with Crippen molar-refractivity contribution in [2.45, 2.75) is 23.8 Å². The molecule has 0 aliphatic carbocycles. The van der Waals surface area contributed by atoms with Crippen LogP contribution in [0.15, 0.2) is 23.1 Å². The maximum absolute atomic E-state index is 12.3. The highest BCUT2D eigenvalue weighted by Gasteiger charge is 2.25. The van der Waals surface area contributed by atoms with Crippen LogP contribution >= 0.6 is 11.6 Å². The molecule has 0 aromatic heterocycles. The van der Waals surface area contributed by atoms with Crippen molar-refractivity contribution in [2.75, 3.05) is 25.9 Å². The van der Waals surface area contributed by atoms with Gasteiger partial charge in [-0.3, -0.25) is 0 Å². The number of likely N-dealkylation sites (N-methyl/N-ethyl adjacent to an activating group) is 1. The lowest BCUT2D eigenvalue weighted by Gasteiger charge is -2.30. The first kappa shape index (κ1) is 14.6. The van der Waals surface area contributed by atoms with Crippen molar-refractivity contribution < 1.29 is 8.42 Å². The largest absolute Gasteiger partial charge is 0.398 e. The van der Waals surface area contributed by atoms with E-state index >= 15 is 0 Å². The number of rotatable bonds is 3. The highest BCUT2D eigenvalue weighted by molar-refractivity contribution is 7.89. The Hall–Kier alpha value is -0.820. The molecule has 106 valence electrons. The molecule has 1 aromatic carbocycles. The molecule has 1 unspecified atom stereocenters. The van der Waals surface area contributed by atoms with Gasteiger partial charge in [-0.2, -0.15) is 0 Å². The van der Waals surface area contributed by atoms with E-state index in [2.05, 4.69) is 9.62 Å². The summed E-state index contributed by atoms with van der Waals surface area (Å²) in [5.74, 6) is 0. The van der Waals surface area contributed by atoms with Crippen molar-refractivity contribution in [3.63, 3.8) is 0 Å². The summed E-state index contributed by atoms with van der Waals surface area (Å²) >= 11 is 5.78. The summed E-state index contributed by atoms with van der Waals surface area (Å²) in [7, 11) is -1.61. The second kappa shape index (κ2) is 5.66. The predicted molar refractivity (Wildman–Crippen MR) is 76.7 cm³/mol. The summed E-state index contributed by atoms with van der Waals surface area (Å²) in [5.41, 5.74) is 5.90. The number of halogens is 1. The van der Waals surface area contributed by atoms with Gasteiger partial charge in [0.25, 0.3) is 0 Å². The van der Waals surface area contributed by atoms with Crippen LogP contribution in [0.5, 0.6) is 0 Å². The highest BCUT2D eigenvalue weighted by atomic mass is 35.5. The molecule has 7 heteroatoms. The molecule has 0 spiro atoms. The smallest absolute Gasteiger partial charge is 0.242 e. The van der Waals surface area contributed by atoms with Gasteiger partial charge in [0.15, 0.2) is 0 Å². The number of piperidine rings is 1. The molecule has 2 rings (SSSR count). The van der Waals surface area contributed by atoms with Crippen molar-refractivity contribution >= 4 is 27.3 Å². The summed E-state index contributed by atoms with van der Waals surface area (Å²) in [6, 6.07) is 4.34. The van der Waals surface area contributed by atoms with E-state index in [0.717, 1.165) is 19.4 Å². The Morgan fingerprint density at radius 3 is 2.84 bits per heavy atom. The number of sulfonamides is 1. The average molecular weight is 304 g/mol. The Bertz CT molecular complexity index is 562. The summed E-state index contributed by atoms with van der Waals surface area (Å²) < 4.78 is 27.3. The van der Waals surface area contributed by atoms with Gasteiger partial charge in [0.1, 0.15) is 4.90 Å². The van der Waals surface area contributed by atoms with Gasteiger partial charge in [-0.05, 0) is 44.6 Å². The number of likely N-dealkylation sites (tertiary alicyclic amines) is 1. The highest BCUT2D eigenvalue weighted by Crippen LogP contribution is 2.23. The molecule has 1 aromatic rings. The van der Waals surface area contributed by atoms with Gasteiger partial charge >= 0.3 is 0 Å². The van der Waals surface area contributed by atoms with Gasteiger partial charge in [0, 0.05) is 17.6 Å². The van der Waals surface area contributed by atoms with Crippen molar-refractivity contribution in [3.05, 3.63) is 23.2 Å². The van der Waals surface area contributed by atoms with Gasteiger partial charge in [-0.25, -0.2) is 13.1 Å². The third-order valence-electron chi connectivity index (χ3n) is 3.21. The van der Waals surface area contributed by atoms with E-state index in [4.69, 9.17) is 17.3 Å². The lowest BCUT2D eigenvalue weighted by molar-refractivity contribution is 0.242. The molecule has 1 heterocycles. The molecule has 1 atom stereocenters. The number of anilines is 1. The molecule has 1 aliphatic rings. The fraction of sp³-hybridized carbons (Fsp3) is 0.500. The minimum atomic E-state index is -3.59. The number of hydrogen-bond acceptors (Lipinski definition) is 4. The standard InChI is InChI=1S/C12H18ClN3O2S/c1-16-6-2-3-10(8-16)15-19(17,18)12-5-4-9(13)7-11(12)14/h4-5,7,10,15H,2-3,6,8,14H2,1H3. The van der Waals surface area contributed by atoms with Crippen LogP contribution in [0, 0.1) is 0 Å². The lowest BCUT2D eigenvalue weighted by Crippen LogP contribution is -2.46. The molecular weight excluding hydrogens is 286 g/mol. The van der Waals surface area contributed by atoms with E-state index < -0.39 is 10.0 Å².